The smallest absolute Gasteiger partial charge is 0.417 e. The number of rotatable bonds is 8. The first-order valence-corrected chi connectivity index (χ1v) is 13.7. The number of halogens is 4. The number of aromatic nitrogens is 3. The molecule has 0 atom stereocenters. The van der Waals surface area contributed by atoms with Crippen LogP contribution in [0.3, 0.4) is 0 Å². The predicted molar refractivity (Wildman–Crippen MR) is 153 cm³/mol. The lowest BCUT2D eigenvalue weighted by atomic mass is 9.92. The van der Waals surface area contributed by atoms with Crippen LogP contribution in [0.5, 0.6) is 11.5 Å². The zero-order valence-corrected chi connectivity index (χ0v) is 23.4. The molecule has 0 bridgehead atoms. The fourth-order valence-electron chi connectivity index (χ4n) is 4.87. The summed E-state index contributed by atoms with van der Waals surface area (Å²) >= 11 is 5.74. The zero-order valence-electron chi connectivity index (χ0n) is 22.6. The van der Waals surface area contributed by atoms with E-state index in [1.54, 1.807) is 48.1 Å². The molecule has 8 nitrogen and oxygen atoms in total. The van der Waals surface area contributed by atoms with Crippen LogP contribution in [0.15, 0.2) is 54.7 Å². The number of likely N-dealkylation sites (tertiary alicyclic amines) is 1. The molecule has 216 valence electrons. The van der Waals surface area contributed by atoms with Crippen LogP contribution in [0.1, 0.15) is 31.2 Å². The quantitative estimate of drug-likeness (QED) is 0.226. The highest BCUT2D eigenvalue weighted by Crippen LogP contribution is 2.37. The molecular weight excluding hydrogens is 557 g/mol. The van der Waals surface area contributed by atoms with Crippen molar-refractivity contribution in [2.24, 2.45) is 13.0 Å². The number of carbonyl (C=O) groups excluding carboxylic acids is 1. The molecule has 3 heterocycles. The fourth-order valence-corrected chi connectivity index (χ4v) is 5.10. The number of benzene rings is 2. The van der Waals surface area contributed by atoms with Crippen molar-refractivity contribution in [3.8, 4) is 11.5 Å². The molecule has 1 fully saturated rings. The Bertz CT molecular complexity index is 1550. The Hall–Kier alpha value is -3.83. The second-order valence-corrected chi connectivity index (χ2v) is 10.7. The molecule has 0 radical (unpaired) electrons. The van der Waals surface area contributed by atoms with Gasteiger partial charge in [0, 0.05) is 37.5 Å². The van der Waals surface area contributed by atoms with E-state index in [1.165, 1.54) is 12.1 Å². The number of alkyl halides is 3. The molecule has 2 aromatic heterocycles. The molecule has 2 aromatic carbocycles. The predicted octanol–water partition coefficient (Wildman–Crippen LogP) is 7.24. The minimum Gasteiger partial charge on any atom is -0.457 e. The van der Waals surface area contributed by atoms with Gasteiger partial charge >= 0.3 is 6.18 Å². The molecule has 0 aliphatic carbocycles. The number of nitrogens with zero attached hydrogens (tertiary/aromatic N) is 4. The molecule has 0 spiro atoms. The minimum atomic E-state index is -4.57. The summed E-state index contributed by atoms with van der Waals surface area (Å²) in [4.78, 5) is 23.6. The fraction of sp³-hybridized carbons (Fsp3) is 0.345. The van der Waals surface area contributed by atoms with Crippen LogP contribution >= 0.6 is 11.6 Å². The van der Waals surface area contributed by atoms with Gasteiger partial charge in [0.25, 0.3) is 0 Å². The number of hydrogen-bond acceptors (Lipinski definition) is 6. The average molecular weight is 587 g/mol. The first-order valence-electron chi connectivity index (χ1n) is 13.3. The number of aryl methyl sites for hydroxylation is 1. The Morgan fingerprint density at radius 2 is 1.83 bits per heavy atom. The van der Waals surface area contributed by atoms with E-state index in [0.29, 0.717) is 41.1 Å². The number of imidazole rings is 1. The van der Waals surface area contributed by atoms with Crippen molar-refractivity contribution in [2.45, 2.75) is 31.9 Å². The van der Waals surface area contributed by atoms with Crippen LogP contribution in [-0.4, -0.2) is 45.5 Å². The van der Waals surface area contributed by atoms with Crippen molar-refractivity contribution in [3.63, 3.8) is 0 Å². The summed E-state index contributed by atoms with van der Waals surface area (Å²) in [5.41, 5.74) is 0.601. The van der Waals surface area contributed by atoms with Gasteiger partial charge in [-0.15, -0.1) is 0 Å². The number of amides is 1. The molecule has 0 saturated carbocycles. The monoisotopic (exact) mass is 586 g/mol. The van der Waals surface area contributed by atoms with Crippen molar-refractivity contribution < 1.29 is 22.7 Å². The lowest BCUT2D eigenvalue weighted by Gasteiger charge is -2.28. The number of carbonyl (C=O) groups is 1. The summed E-state index contributed by atoms with van der Waals surface area (Å²) in [7, 11) is 3.87. The highest BCUT2D eigenvalue weighted by molar-refractivity contribution is 6.31. The average Bonchev–Trinajstić information content (AvgIpc) is 3.23. The minimum absolute atomic E-state index is 0.0773. The normalized spacial score (nSPS) is 14.8. The number of nitrogens with one attached hydrogen (secondary N) is 2. The van der Waals surface area contributed by atoms with Crippen molar-refractivity contribution >= 4 is 46.0 Å². The van der Waals surface area contributed by atoms with Crippen molar-refractivity contribution in [2.75, 3.05) is 30.8 Å². The second-order valence-electron chi connectivity index (χ2n) is 10.3. The number of anilines is 3. The van der Waals surface area contributed by atoms with Crippen LogP contribution in [0.4, 0.5) is 30.6 Å². The molecule has 1 saturated heterocycles. The number of ether oxygens (including phenoxy) is 1. The molecule has 4 aromatic rings. The van der Waals surface area contributed by atoms with Gasteiger partial charge in [-0.3, -0.25) is 4.79 Å². The molecule has 1 amide bonds. The van der Waals surface area contributed by atoms with Crippen LogP contribution in [0, 0.1) is 5.92 Å². The van der Waals surface area contributed by atoms with Gasteiger partial charge in [-0.25, -0.2) is 9.97 Å². The van der Waals surface area contributed by atoms with E-state index in [1.807, 2.05) is 0 Å². The highest BCUT2D eigenvalue weighted by atomic mass is 35.5. The molecule has 5 rings (SSSR count). The van der Waals surface area contributed by atoms with Crippen LogP contribution in [0.25, 0.3) is 11.0 Å². The lowest BCUT2D eigenvalue weighted by Crippen LogP contribution is -2.30. The van der Waals surface area contributed by atoms with E-state index in [0.717, 1.165) is 43.9 Å². The maximum Gasteiger partial charge on any atom is 0.417 e. The second kappa shape index (κ2) is 12.0. The summed E-state index contributed by atoms with van der Waals surface area (Å²) in [5.74, 6) is 2.23. The summed E-state index contributed by atoms with van der Waals surface area (Å²) in [5, 5.41) is 5.41. The molecular formula is C29H30ClF3N6O2. The van der Waals surface area contributed by atoms with Crippen LogP contribution in [0.2, 0.25) is 5.02 Å². The van der Waals surface area contributed by atoms with Gasteiger partial charge in [0.2, 0.25) is 11.9 Å². The van der Waals surface area contributed by atoms with Gasteiger partial charge in [0.05, 0.1) is 21.6 Å². The summed E-state index contributed by atoms with van der Waals surface area (Å²) < 4.78 is 47.5. The number of piperidine rings is 1. The maximum atomic E-state index is 13.3. The number of hydrogen-bond donors (Lipinski definition) is 2. The summed E-state index contributed by atoms with van der Waals surface area (Å²) in [6, 6.07) is 12.2. The Balaban J connectivity index is 1.24. The third kappa shape index (κ3) is 7.09. The Morgan fingerprint density at radius 1 is 1.07 bits per heavy atom. The van der Waals surface area contributed by atoms with Gasteiger partial charge in [-0.1, -0.05) is 11.6 Å². The van der Waals surface area contributed by atoms with E-state index < -0.39 is 11.7 Å². The van der Waals surface area contributed by atoms with Gasteiger partial charge in [-0.05, 0) is 81.7 Å². The van der Waals surface area contributed by atoms with E-state index in [9.17, 15) is 18.0 Å². The molecule has 1 aliphatic rings. The largest absolute Gasteiger partial charge is 0.457 e. The van der Waals surface area contributed by atoms with Crippen molar-refractivity contribution in [1.29, 1.82) is 0 Å². The van der Waals surface area contributed by atoms with E-state index in [-0.39, 0.29) is 16.6 Å². The van der Waals surface area contributed by atoms with Gasteiger partial charge in [-0.2, -0.15) is 13.2 Å². The van der Waals surface area contributed by atoms with Crippen LogP contribution < -0.4 is 15.4 Å². The first kappa shape index (κ1) is 28.7. The lowest BCUT2D eigenvalue weighted by molar-refractivity contribution is -0.137. The molecule has 41 heavy (non-hydrogen) atoms. The summed E-state index contributed by atoms with van der Waals surface area (Å²) in [6.07, 6.45) is 0.521. The molecule has 12 heteroatoms. The molecule has 2 N–H and O–H groups in total. The standard InChI is InChI=1S/C29H30ClF3N6O2/c1-38-13-10-18(11-14-38)3-8-27(40)37-26-17-21(9-12-34-26)41-20-5-7-25-24(16-20)36-28(39(25)2)35-19-4-6-23(30)22(15-19)29(31,32)33/h4-7,9,12,15-18H,3,8,10-11,13-14H2,1-2H3,(H,35,36)(H,34,37,40). The Kier molecular flexibility index (Phi) is 8.37. The molecule has 1 aliphatic heterocycles. The third-order valence-electron chi connectivity index (χ3n) is 7.23. The summed E-state index contributed by atoms with van der Waals surface area (Å²) in [6.45, 7) is 2.14. The van der Waals surface area contributed by atoms with Crippen LogP contribution in [-0.2, 0) is 18.0 Å². The van der Waals surface area contributed by atoms with E-state index >= 15 is 0 Å². The van der Waals surface area contributed by atoms with Crippen molar-refractivity contribution in [1.82, 2.24) is 19.4 Å². The Labute approximate surface area is 240 Å². The van der Waals surface area contributed by atoms with Gasteiger partial charge < -0.3 is 24.8 Å². The highest BCUT2D eigenvalue weighted by Gasteiger charge is 2.33. The maximum absolute atomic E-state index is 13.3. The van der Waals surface area contributed by atoms with E-state index in [4.69, 9.17) is 16.3 Å². The van der Waals surface area contributed by atoms with Crippen molar-refractivity contribution in [3.05, 3.63) is 65.3 Å². The molecule has 0 unspecified atom stereocenters. The van der Waals surface area contributed by atoms with Gasteiger partial charge in [0.15, 0.2) is 0 Å². The first-order chi connectivity index (χ1) is 19.5. The zero-order chi connectivity index (χ0) is 29.1. The number of fused-ring (bicyclic) bond motifs is 1. The third-order valence-corrected chi connectivity index (χ3v) is 7.56. The Morgan fingerprint density at radius 3 is 2.59 bits per heavy atom. The van der Waals surface area contributed by atoms with Gasteiger partial charge in [0.1, 0.15) is 17.3 Å². The van der Waals surface area contributed by atoms with E-state index in [2.05, 4.69) is 32.5 Å². The SMILES string of the molecule is CN1CCC(CCC(=O)Nc2cc(Oc3ccc4c(c3)nc(Nc3ccc(Cl)c(C(F)(F)F)c3)n4C)ccn2)CC1. The number of pyridine rings is 1. The topological polar surface area (TPSA) is 84.3 Å².